The quantitative estimate of drug-likeness (QED) is 0.292. The molecule has 0 aromatic heterocycles. The van der Waals surface area contributed by atoms with E-state index in [2.05, 4.69) is 34.6 Å². The lowest BCUT2D eigenvalue weighted by atomic mass is 9.74. The van der Waals surface area contributed by atoms with Gasteiger partial charge < -0.3 is 5.73 Å². The third kappa shape index (κ3) is 11.2. The van der Waals surface area contributed by atoms with Crippen LogP contribution in [0, 0.1) is 11.8 Å². The predicted molar refractivity (Wildman–Crippen MR) is 107 cm³/mol. The fourth-order valence-corrected chi connectivity index (χ4v) is 4.05. The summed E-state index contributed by atoms with van der Waals surface area (Å²) in [5.74, 6) is 1.68. The molecule has 2 atom stereocenters. The maximum atomic E-state index is 7.04. The zero-order valence-corrected chi connectivity index (χ0v) is 17.1. The number of rotatable bonds is 16. The van der Waals surface area contributed by atoms with E-state index in [0.29, 0.717) is 0 Å². The van der Waals surface area contributed by atoms with E-state index in [1.54, 1.807) is 0 Å². The van der Waals surface area contributed by atoms with Crippen molar-refractivity contribution >= 4 is 0 Å². The molecule has 0 aromatic rings. The fraction of sp³-hybridized carbons (Fsp3) is 1.00. The molecule has 0 spiro atoms. The minimum atomic E-state index is 0.0952. The zero-order valence-electron chi connectivity index (χ0n) is 17.1. The first kappa shape index (κ1) is 23.0. The summed E-state index contributed by atoms with van der Waals surface area (Å²) in [6, 6.07) is 0. The van der Waals surface area contributed by atoms with Gasteiger partial charge in [0.05, 0.1) is 0 Å². The highest BCUT2D eigenvalue weighted by atomic mass is 14.7. The molecule has 0 aliphatic heterocycles. The first-order chi connectivity index (χ1) is 11.0. The summed E-state index contributed by atoms with van der Waals surface area (Å²) in [5.41, 5.74) is 7.13. The van der Waals surface area contributed by atoms with Gasteiger partial charge in [-0.05, 0) is 31.1 Å². The Hall–Kier alpha value is -0.0400. The Morgan fingerprint density at radius 1 is 0.652 bits per heavy atom. The maximum absolute atomic E-state index is 7.04. The van der Waals surface area contributed by atoms with Crippen molar-refractivity contribution in [3.8, 4) is 0 Å². The number of hydrogen-bond donors (Lipinski definition) is 1. The van der Waals surface area contributed by atoms with E-state index in [9.17, 15) is 0 Å². The summed E-state index contributed by atoms with van der Waals surface area (Å²) in [6.07, 6.45) is 18.5. The highest BCUT2D eigenvalue weighted by molar-refractivity contribution is 4.88. The van der Waals surface area contributed by atoms with Crippen LogP contribution in [0.3, 0.4) is 0 Å². The summed E-state index contributed by atoms with van der Waals surface area (Å²) >= 11 is 0. The molecule has 140 valence electrons. The van der Waals surface area contributed by atoms with Crippen molar-refractivity contribution in [1.29, 1.82) is 0 Å². The summed E-state index contributed by atoms with van der Waals surface area (Å²) < 4.78 is 0. The Kier molecular flexibility index (Phi) is 14.3. The van der Waals surface area contributed by atoms with Gasteiger partial charge in [-0.2, -0.15) is 0 Å². The van der Waals surface area contributed by atoms with Gasteiger partial charge in [0.1, 0.15) is 0 Å². The van der Waals surface area contributed by atoms with Crippen molar-refractivity contribution in [2.45, 2.75) is 130 Å². The van der Waals surface area contributed by atoms with Gasteiger partial charge in [-0.15, -0.1) is 0 Å². The highest BCUT2D eigenvalue weighted by Gasteiger charge is 2.30. The van der Waals surface area contributed by atoms with Crippen LogP contribution < -0.4 is 5.73 Å². The van der Waals surface area contributed by atoms with Crippen LogP contribution in [0.1, 0.15) is 125 Å². The van der Waals surface area contributed by atoms with Crippen LogP contribution >= 0.6 is 0 Å². The summed E-state index contributed by atoms with van der Waals surface area (Å²) in [6.45, 7) is 11.6. The fourth-order valence-electron chi connectivity index (χ4n) is 4.05. The molecule has 0 saturated heterocycles. The normalized spacial score (nSPS) is 17.0. The molecule has 0 aromatic carbocycles. The van der Waals surface area contributed by atoms with E-state index >= 15 is 0 Å². The van der Waals surface area contributed by atoms with E-state index in [-0.39, 0.29) is 5.54 Å². The summed E-state index contributed by atoms with van der Waals surface area (Å²) in [5, 5.41) is 0. The Morgan fingerprint density at radius 2 is 1.09 bits per heavy atom. The number of hydrogen-bond acceptors (Lipinski definition) is 1. The van der Waals surface area contributed by atoms with Crippen LogP contribution in [0.4, 0.5) is 0 Å². The van der Waals surface area contributed by atoms with Gasteiger partial charge in [0, 0.05) is 5.54 Å². The maximum Gasteiger partial charge on any atom is 0.0159 e. The molecular weight excluding hydrogens is 278 g/mol. The van der Waals surface area contributed by atoms with Gasteiger partial charge in [0.2, 0.25) is 0 Å². The Labute approximate surface area is 148 Å². The zero-order chi connectivity index (χ0) is 17.6. The lowest BCUT2D eigenvalue weighted by Gasteiger charge is -2.36. The Morgan fingerprint density at radius 3 is 1.43 bits per heavy atom. The monoisotopic (exact) mass is 325 g/mol. The van der Waals surface area contributed by atoms with Crippen molar-refractivity contribution in [3.63, 3.8) is 0 Å². The Balaban J connectivity index is 4.75. The van der Waals surface area contributed by atoms with Crippen molar-refractivity contribution in [2.24, 2.45) is 17.6 Å². The van der Waals surface area contributed by atoms with Crippen molar-refractivity contribution in [3.05, 3.63) is 0 Å². The van der Waals surface area contributed by atoms with Crippen LogP contribution in [0.5, 0.6) is 0 Å². The smallest absolute Gasteiger partial charge is 0.0159 e. The largest absolute Gasteiger partial charge is 0.325 e. The Bertz CT molecular complexity index is 230. The average molecular weight is 326 g/mol. The van der Waals surface area contributed by atoms with Crippen LogP contribution in [-0.2, 0) is 0 Å². The van der Waals surface area contributed by atoms with Crippen molar-refractivity contribution in [1.82, 2.24) is 0 Å². The first-order valence-electron chi connectivity index (χ1n) is 10.8. The van der Waals surface area contributed by atoms with E-state index in [0.717, 1.165) is 11.8 Å². The molecule has 2 unspecified atom stereocenters. The second-order valence-corrected chi connectivity index (χ2v) is 8.06. The van der Waals surface area contributed by atoms with Crippen molar-refractivity contribution in [2.75, 3.05) is 0 Å². The van der Waals surface area contributed by atoms with Gasteiger partial charge in [0.15, 0.2) is 0 Å². The standard InChI is InChI=1S/C22H47N/c1-6-11-14-17-22(23,18-20(9-4)15-12-7-2)19-21(10-5)16-13-8-3/h20-21H,6-19,23H2,1-5H3. The van der Waals surface area contributed by atoms with Crippen LogP contribution in [0.2, 0.25) is 0 Å². The molecule has 0 aliphatic rings. The molecule has 1 nitrogen and oxygen atoms in total. The molecule has 0 rings (SSSR count). The summed E-state index contributed by atoms with van der Waals surface area (Å²) in [7, 11) is 0. The molecule has 0 fully saturated rings. The third-order valence-electron chi connectivity index (χ3n) is 5.76. The summed E-state index contributed by atoms with van der Waals surface area (Å²) in [4.78, 5) is 0. The second kappa shape index (κ2) is 14.3. The topological polar surface area (TPSA) is 26.0 Å². The van der Waals surface area contributed by atoms with E-state index in [4.69, 9.17) is 5.73 Å². The first-order valence-corrected chi connectivity index (χ1v) is 10.8. The highest BCUT2D eigenvalue weighted by Crippen LogP contribution is 2.34. The average Bonchev–Trinajstić information content (AvgIpc) is 2.55. The number of unbranched alkanes of at least 4 members (excludes halogenated alkanes) is 4. The van der Waals surface area contributed by atoms with Gasteiger partial charge in [-0.3, -0.25) is 0 Å². The lowest BCUT2D eigenvalue weighted by Crippen LogP contribution is -2.43. The number of nitrogens with two attached hydrogens (primary N) is 1. The third-order valence-corrected chi connectivity index (χ3v) is 5.76. The molecule has 1 heteroatoms. The molecule has 2 N–H and O–H groups in total. The molecule has 0 aliphatic carbocycles. The molecule has 23 heavy (non-hydrogen) atoms. The van der Waals surface area contributed by atoms with Gasteiger partial charge >= 0.3 is 0 Å². The van der Waals surface area contributed by atoms with Crippen LogP contribution in [0.15, 0.2) is 0 Å². The minimum absolute atomic E-state index is 0.0952. The lowest BCUT2D eigenvalue weighted by molar-refractivity contribution is 0.213. The van der Waals surface area contributed by atoms with Gasteiger partial charge in [0.25, 0.3) is 0 Å². The van der Waals surface area contributed by atoms with E-state index in [1.165, 1.54) is 89.9 Å². The second-order valence-electron chi connectivity index (χ2n) is 8.06. The minimum Gasteiger partial charge on any atom is -0.325 e. The molecule has 0 saturated carbocycles. The SMILES string of the molecule is CCCCCC(N)(CC(CC)CCCC)CC(CC)CCCC. The van der Waals surface area contributed by atoms with E-state index < -0.39 is 0 Å². The van der Waals surface area contributed by atoms with Crippen LogP contribution in [0.25, 0.3) is 0 Å². The van der Waals surface area contributed by atoms with Gasteiger partial charge in [-0.25, -0.2) is 0 Å². The van der Waals surface area contributed by atoms with E-state index in [1.807, 2.05) is 0 Å². The molecule has 0 bridgehead atoms. The van der Waals surface area contributed by atoms with Crippen molar-refractivity contribution < 1.29 is 0 Å². The predicted octanol–water partition coefficient (Wildman–Crippen LogP) is 7.48. The molecule has 0 heterocycles. The molecule has 0 amide bonds. The molecule has 0 radical (unpaired) electrons. The molecular formula is C22H47N. The van der Waals surface area contributed by atoms with Gasteiger partial charge in [-0.1, -0.05) is 105 Å². The van der Waals surface area contributed by atoms with Crippen LogP contribution in [-0.4, -0.2) is 5.54 Å².